The quantitative estimate of drug-likeness (QED) is 0.386. The van der Waals surface area contributed by atoms with Crippen LogP contribution in [0.4, 0.5) is 5.82 Å². The van der Waals surface area contributed by atoms with Crippen molar-refractivity contribution in [3.63, 3.8) is 0 Å². The van der Waals surface area contributed by atoms with Crippen molar-refractivity contribution in [2.75, 3.05) is 24.6 Å². The number of fused-ring (bicyclic) bond motifs is 2. The van der Waals surface area contributed by atoms with Gasteiger partial charge in [0.2, 0.25) is 0 Å². The number of phosphoric acid groups is 1. The minimum absolute atomic E-state index is 0. The maximum atomic E-state index is 11.6. The fraction of sp³-hybridized carbons (Fsp3) is 0.688. The molecule has 1 N–H and O–H groups in total. The monoisotopic (exact) mass is 435 g/mol. The number of aromatic nitrogens is 4. The molecule has 13 heteroatoms. The number of aliphatic hydroxyl groups is 1. The number of aliphatic hydroxyl groups excluding tert-OH is 1. The molecule has 5 atom stereocenters. The van der Waals surface area contributed by atoms with E-state index < -0.39 is 32.4 Å². The second-order valence-electron chi connectivity index (χ2n) is 6.82. The zero-order valence-electron chi connectivity index (χ0n) is 16.7. The summed E-state index contributed by atoms with van der Waals surface area (Å²) in [5, 5.41) is 10.6. The van der Waals surface area contributed by atoms with Crippen molar-refractivity contribution < 1.29 is 57.9 Å². The first kappa shape index (κ1) is 23.1. The summed E-state index contributed by atoms with van der Waals surface area (Å²) in [6.45, 7) is 5.60. The average Bonchev–Trinajstić information content (AvgIpc) is 3.23. The molecule has 2 saturated heterocycles. The van der Waals surface area contributed by atoms with Gasteiger partial charge in [-0.2, -0.15) is 0 Å². The maximum Gasteiger partial charge on any atom is 1.00 e. The molecule has 2 aromatic heterocycles. The third-order valence-corrected chi connectivity index (χ3v) is 6.00. The first-order valence-electron chi connectivity index (χ1n) is 9.35. The van der Waals surface area contributed by atoms with Gasteiger partial charge in [-0.3, -0.25) is 9.13 Å². The molecule has 4 heterocycles. The smallest absolute Gasteiger partial charge is 0.756 e. The Morgan fingerprint density at radius 3 is 2.90 bits per heavy atom. The zero-order chi connectivity index (χ0) is 19.9. The first-order chi connectivity index (χ1) is 13.4. The number of unbranched alkanes of at least 4 members (excludes halogenated alkanes) is 1. The topological polar surface area (TPSA) is 135 Å². The van der Waals surface area contributed by atoms with Crippen LogP contribution < -0.4 is 39.4 Å². The van der Waals surface area contributed by atoms with Gasteiger partial charge in [0.15, 0.2) is 23.2 Å². The van der Waals surface area contributed by atoms with Gasteiger partial charge in [-0.15, -0.1) is 0 Å². The predicted molar refractivity (Wildman–Crippen MR) is 96.5 cm³/mol. The Kier molecular flexibility index (Phi) is 7.35. The molecule has 29 heavy (non-hydrogen) atoms. The van der Waals surface area contributed by atoms with Gasteiger partial charge < -0.3 is 28.7 Å². The fourth-order valence-corrected chi connectivity index (χ4v) is 4.53. The van der Waals surface area contributed by atoms with Crippen LogP contribution in [0.1, 0.15) is 32.9 Å². The molecule has 4 rings (SSSR count). The van der Waals surface area contributed by atoms with Crippen LogP contribution in [0, 0.1) is 0 Å². The third-order valence-electron chi connectivity index (χ3n) is 5.03. The van der Waals surface area contributed by atoms with Gasteiger partial charge >= 0.3 is 29.6 Å². The molecule has 2 aliphatic rings. The van der Waals surface area contributed by atoms with E-state index >= 15 is 0 Å². The van der Waals surface area contributed by atoms with Crippen LogP contribution in [0.3, 0.4) is 0 Å². The van der Waals surface area contributed by atoms with E-state index in [9.17, 15) is 14.6 Å². The van der Waals surface area contributed by atoms with Gasteiger partial charge in [0.1, 0.15) is 24.6 Å². The van der Waals surface area contributed by atoms with Gasteiger partial charge in [0.25, 0.3) is 7.82 Å². The van der Waals surface area contributed by atoms with Crippen molar-refractivity contribution in [2.24, 2.45) is 0 Å². The molecule has 0 amide bonds. The largest absolute Gasteiger partial charge is 1.00 e. The molecular formula is C16H23N5NaO6P. The van der Waals surface area contributed by atoms with Crippen LogP contribution in [0.25, 0.3) is 11.2 Å². The Balaban J connectivity index is 0.00000240. The fourth-order valence-electron chi connectivity index (χ4n) is 3.58. The van der Waals surface area contributed by atoms with Gasteiger partial charge in [0.05, 0.1) is 12.9 Å². The molecule has 0 bridgehead atoms. The van der Waals surface area contributed by atoms with Gasteiger partial charge in [-0.05, 0) is 13.3 Å². The first-order valence-corrected chi connectivity index (χ1v) is 10.8. The number of hydrogen-bond donors (Lipinski definition) is 1. The number of ether oxygens (including phenoxy) is 1. The zero-order valence-corrected chi connectivity index (χ0v) is 19.6. The van der Waals surface area contributed by atoms with Gasteiger partial charge in [-0.1, -0.05) is 13.3 Å². The normalized spacial score (nSPS) is 31.4. The molecule has 2 aliphatic heterocycles. The second kappa shape index (κ2) is 9.25. The van der Waals surface area contributed by atoms with E-state index in [1.807, 2.05) is 6.92 Å². The summed E-state index contributed by atoms with van der Waals surface area (Å²) in [5.74, 6) is 0.716. The van der Waals surface area contributed by atoms with Crippen LogP contribution in [0.2, 0.25) is 0 Å². The van der Waals surface area contributed by atoms with Crippen LogP contribution in [-0.4, -0.2) is 62.6 Å². The minimum atomic E-state index is -4.43. The van der Waals surface area contributed by atoms with Gasteiger partial charge in [0, 0.05) is 13.1 Å². The SMILES string of the molecule is CCCCN(CC)c1ncnc2c1ncn2[C@@H]1O[C@@H]2COP(=O)([O-])O[C@H]2[C@H]1O.[Na+]. The van der Waals surface area contributed by atoms with E-state index in [-0.39, 0.29) is 36.2 Å². The number of hydrogen-bond acceptors (Lipinski definition) is 10. The summed E-state index contributed by atoms with van der Waals surface area (Å²) in [6.07, 6.45) is 1.22. The molecule has 0 aliphatic carbocycles. The molecule has 0 aromatic carbocycles. The van der Waals surface area contributed by atoms with Crippen LogP contribution >= 0.6 is 7.82 Å². The number of anilines is 1. The van der Waals surface area contributed by atoms with Crippen LogP contribution in [0.15, 0.2) is 12.7 Å². The summed E-state index contributed by atoms with van der Waals surface area (Å²) in [7, 11) is -4.43. The second-order valence-corrected chi connectivity index (χ2v) is 8.19. The van der Waals surface area contributed by atoms with Crippen molar-refractivity contribution in [3.05, 3.63) is 12.7 Å². The van der Waals surface area contributed by atoms with Crippen molar-refractivity contribution >= 4 is 24.8 Å². The number of nitrogens with zero attached hydrogens (tertiary/aromatic N) is 5. The molecule has 2 aromatic rings. The average molecular weight is 435 g/mol. The molecule has 154 valence electrons. The Labute approximate surface area is 190 Å². The van der Waals surface area contributed by atoms with Crippen LogP contribution in [-0.2, 0) is 18.3 Å². The van der Waals surface area contributed by atoms with E-state index in [0.717, 1.165) is 25.9 Å². The molecule has 0 saturated carbocycles. The summed E-state index contributed by atoms with van der Waals surface area (Å²) in [4.78, 5) is 26.8. The number of phosphoric ester groups is 1. The van der Waals surface area contributed by atoms with E-state index in [2.05, 4.69) is 31.3 Å². The summed E-state index contributed by atoms with van der Waals surface area (Å²) in [5.41, 5.74) is 1.09. The van der Waals surface area contributed by atoms with Crippen molar-refractivity contribution in [1.29, 1.82) is 0 Å². The Hall–Kier alpha value is -0.620. The number of rotatable bonds is 6. The van der Waals surface area contributed by atoms with Crippen molar-refractivity contribution in [1.82, 2.24) is 19.5 Å². The standard InChI is InChI=1S/C16H24N5O6P.Na/c1-3-5-6-20(4-2)14-11-15(18-8-17-14)21(9-19-11)16-12(22)13-10(26-16)7-25-28(23,24)27-13;/h8-10,12-13,16,22H,3-7H2,1-2H3,(H,23,24);/q;+1/p-1/t10-,12-,13-,16-;/m1./s1. The molecule has 1 unspecified atom stereocenters. The third kappa shape index (κ3) is 4.39. The van der Waals surface area contributed by atoms with Crippen LogP contribution in [0.5, 0.6) is 0 Å². The van der Waals surface area contributed by atoms with E-state index in [1.54, 1.807) is 4.57 Å². The van der Waals surface area contributed by atoms with E-state index in [4.69, 9.17) is 9.26 Å². The Bertz CT molecular complexity index is 900. The summed E-state index contributed by atoms with van der Waals surface area (Å²) >= 11 is 0. The summed E-state index contributed by atoms with van der Waals surface area (Å²) in [6, 6.07) is 0. The minimum Gasteiger partial charge on any atom is -0.756 e. The molecule has 11 nitrogen and oxygen atoms in total. The molecular weight excluding hydrogens is 412 g/mol. The Morgan fingerprint density at radius 2 is 2.17 bits per heavy atom. The van der Waals surface area contributed by atoms with E-state index in [1.165, 1.54) is 12.7 Å². The molecule has 0 spiro atoms. The Morgan fingerprint density at radius 1 is 1.38 bits per heavy atom. The van der Waals surface area contributed by atoms with E-state index in [0.29, 0.717) is 17.0 Å². The molecule has 0 radical (unpaired) electrons. The maximum absolute atomic E-state index is 11.6. The predicted octanol–water partition coefficient (Wildman–Crippen LogP) is -2.40. The van der Waals surface area contributed by atoms with Crippen molar-refractivity contribution in [2.45, 2.75) is 51.2 Å². The number of imidazole rings is 1. The molecule has 2 fully saturated rings. The van der Waals surface area contributed by atoms with Gasteiger partial charge in [-0.25, -0.2) is 15.0 Å². The summed E-state index contributed by atoms with van der Waals surface area (Å²) < 4.78 is 28.5. The van der Waals surface area contributed by atoms with Crippen molar-refractivity contribution in [3.8, 4) is 0 Å².